The van der Waals surface area contributed by atoms with E-state index in [-0.39, 0.29) is 11.5 Å². The first-order valence-electron chi connectivity index (χ1n) is 7.95. The lowest BCUT2D eigenvalue weighted by molar-refractivity contribution is 0.102. The maximum atomic E-state index is 12.3. The van der Waals surface area contributed by atoms with Crippen LogP contribution in [-0.4, -0.2) is 23.6 Å². The molecule has 2 aromatic rings. The molecule has 0 spiro atoms. The van der Waals surface area contributed by atoms with Crippen LogP contribution in [0.5, 0.6) is 0 Å². The first-order chi connectivity index (χ1) is 11.1. The van der Waals surface area contributed by atoms with E-state index in [4.69, 9.17) is 0 Å². The molecule has 0 bridgehead atoms. The highest BCUT2D eigenvalue weighted by molar-refractivity contribution is 6.04. The second kappa shape index (κ2) is 7.63. The number of pyridine rings is 1. The molecule has 2 rings (SSSR count). The minimum atomic E-state index is -0.183. The molecule has 122 valence electrons. The molecule has 5 heteroatoms. The lowest BCUT2D eigenvalue weighted by Gasteiger charge is -2.21. The Balaban J connectivity index is 2.13. The van der Waals surface area contributed by atoms with Crippen LogP contribution in [0.25, 0.3) is 0 Å². The fourth-order valence-electron chi connectivity index (χ4n) is 2.47. The van der Waals surface area contributed by atoms with Gasteiger partial charge >= 0.3 is 0 Å². The Bertz CT molecular complexity index is 716. The van der Waals surface area contributed by atoms with Crippen molar-refractivity contribution in [3.63, 3.8) is 0 Å². The number of rotatable bonds is 6. The van der Waals surface area contributed by atoms with Crippen molar-refractivity contribution in [2.45, 2.75) is 27.3 Å². The van der Waals surface area contributed by atoms with Crippen molar-refractivity contribution in [3.05, 3.63) is 58.5 Å². The van der Waals surface area contributed by atoms with Crippen LogP contribution in [-0.2, 0) is 6.54 Å². The van der Waals surface area contributed by atoms with Gasteiger partial charge in [-0.3, -0.25) is 9.59 Å². The van der Waals surface area contributed by atoms with E-state index in [0.29, 0.717) is 17.8 Å². The fourth-order valence-corrected chi connectivity index (χ4v) is 2.47. The molecular formula is C18H23N3O2. The van der Waals surface area contributed by atoms with Crippen molar-refractivity contribution in [1.29, 1.82) is 0 Å². The number of aromatic nitrogens is 1. The summed E-state index contributed by atoms with van der Waals surface area (Å²) < 4.78 is 1.55. The molecule has 1 aromatic heterocycles. The van der Waals surface area contributed by atoms with Gasteiger partial charge in [0.25, 0.3) is 11.5 Å². The topological polar surface area (TPSA) is 54.3 Å². The van der Waals surface area contributed by atoms with Gasteiger partial charge < -0.3 is 14.8 Å². The third-order valence-corrected chi connectivity index (χ3v) is 3.84. The van der Waals surface area contributed by atoms with Crippen LogP contribution in [0.4, 0.5) is 11.4 Å². The standard InChI is InChI=1S/C18H23N3O2/c1-4-20(5-2)16-10-7-14(8-11-16)18(23)19-15-9-12-17(22)21(6-3)13-15/h7-13H,4-6H2,1-3H3,(H,19,23). The summed E-state index contributed by atoms with van der Waals surface area (Å²) in [6.45, 7) is 8.53. The van der Waals surface area contributed by atoms with Crippen LogP contribution in [0.3, 0.4) is 0 Å². The summed E-state index contributed by atoms with van der Waals surface area (Å²) in [4.78, 5) is 26.1. The Morgan fingerprint density at radius 2 is 1.70 bits per heavy atom. The predicted molar refractivity (Wildman–Crippen MR) is 94.3 cm³/mol. The number of nitrogens with one attached hydrogen (secondary N) is 1. The van der Waals surface area contributed by atoms with E-state index in [1.54, 1.807) is 16.8 Å². The zero-order valence-electron chi connectivity index (χ0n) is 13.9. The molecule has 23 heavy (non-hydrogen) atoms. The third kappa shape index (κ3) is 4.00. The number of carbonyl (C=O) groups is 1. The minimum absolute atomic E-state index is 0.0749. The first-order valence-corrected chi connectivity index (χ1v) is 7.95. The summed E-state index contributed by atoms with van der Waals surface area (Å²) in [5.74, 6) is -0.183. The van der Waals surface area contributed by atoms with Gasteiger partial charge in [0.15, 0.2) is 0 Å². The molecule has 0 saturated carbocycles. The van der Waals surface area contributed by atoms with E-state index in [1.807, 2.05) is 31.2 Å². The molecule has 1 heterocycles. The van der Waals surface area contributed by atoms with Crippen LogP contribution in [0.2, 0.25) is 0 Å². The highest BCUT2D eigenvalue weighted by Gasteiger charge is 2.08. The van der Waals surface area contributed by atoms with Crippen LogP contribution in [0, 0.1) is 0 Å². The van der Waals surface area contributed by atoms with Gasteiger partial charge in [-0.25, -0.2) is 0 Å². The Labute approximate surface area is 136 Å². The van der Waals surface area contributed by atoms with Crippen molar-refractivity contribution in [3.8, 4) is 0 Å². The molecule has 1 aromatic carbocycles. The van der Waals surface area contributed by atoms with Crippen LogP contribution in [0.1, 0.15) is 31.1 Å². The molecule has 0 aliphatic rings. The Kier molecular flexibility index (Phi) is 5.57. The number of aryl methyl sites for hydroxylation is 1. The smallest absolute Gasteiger partial charge is 0.255 e. The second-order valence-corrected chi connectivity index (χ2v) is 5.22. The molecule has 0 aliphatic heterocycles. The number of benzene rings is 1. The van der Waals surface area contributed by atoms with Crippen molar-refractivity contribution in [2.24, 2.45) is 0 Å². The van der Waals surface area contributed by atoms with E-state index in [1.165, 1.54) is 6.07 Å². The number of nitrogens with zero attached hydrogens (tertiary/aromatic N) is 2. The highest BCUT2D eigenvalue weighted by Crippen LogP contribution is 2.16. The van der Waals surface area contributed by atoms with E-state index >= 15 is 0 Å². The van der Waals surface area contributed by atoms with Gasteiger partial charge in [-0.1, -0.05) is 0 Å². The average molecular weight is 313 g/mol. The van der Waals surface area contributed by atoms with Gasteiger partial charge in [0.1, 0.15) is 0 Å². The van der Waals surface area contributed by atoms with E-state index < -0.39 is 0 Å². The number of hydrogen-bond acceptors (Lipinski definition) is 3. The Morgan fingerprint density at radius 3 is 2.26 bits per heavy atom. The van der Waals surface area contributed by atoms with Gasteiger partial charge in [-0.2, -0.15) is 0 Å². The van der Waals surface area contributed by atoms with Crippen molar-refractivity contribution < 1.29 is 4.79 Å². The van der Waals surface area contributed by atoms with Gasteiger partial charge in [-0.15, -0.1) is 0 Å². The number of hydrogen-bond donors (Lipinski definition) is 1. The van der Waals surface area contributed by atoms with Crippen molar-refractivity contribution in [2.75, 3.05) is 23.3 Å². The molecule has 5 nitrogen and oxygen atoms in total. The van der Waals surface area contributed by atoms with Gasteiger partial charge in [0.05, 0.1) is 5.69 Å². The second-order valence-electron chi connectivity index (χ2n) is 5.22. The highest BCUT2D eigenvalue weighted by atomic mass is 16.1. The zero-order valence-corrected chi connectivity index (χ0v) is 13.9. The normalized spacial score (nSPS) is 10.4. The van der Waals surface area contributed by atoms with Gasteiger partial charge in [0.2, 0.25) is 0 Å². The average Bonchev–Trinajstić information content (AvgIpc) is 2.58. The maximum Gasteiger partial charge on any atom is 0.255 e. The Morgan fingerprint density at radius 1 is 1.04 bits per heavy atom. The summed E-state index contributed by atoms with van der Waals surface area (Å²) in [5.41, 5.74) is 2.24. The molecule has 0 unspecified atom stereocenters. The van der Waals surface area contributed by atoms with E-state index in [9.17, 15) is 9.59 Å². The molecule has 0 fully saturated rings. The molecule has 1 amide bonds. The molecule has 1 N–H and O–H groups in total. The minimum Gasteiger partial charge on any atom is -0.372 e. The summed E-state index contributed by atoms with van der Waals surface area (Å²) in [7, 11) is 0. The van der Waals surface area contributed by atoms with Gasteiger partial charge in [0, 0.05) is 43.1 Å². The first kappa shape index (κ1) is 16.8. The zero-order chi connectivity index (χ0) is 16.8. The predicted octanol–water partition coefficient (Wildman–Crippen LogP) is 2.97. The molecular weight excluding hydrogens is 290 g/mol. The van der Waals surface area contributed by atoms with Crippen molar-refractivity contribution >= 4 is 17.3 Å². The lowest BCUT2D eigenvalue weighted by Crippen LogP contribution is -2.22. The largest absolute Gasteiger partial charge is 0.372 e. The molecule has 0 atom stereocenters. The summed E-state index contributed by atoms with van der Waals surface area (Å²) in [6.07, 6.45) is 1.66. The van der Waals surface area contributed by atoms with E-state index in [2.05, 4.69) is 24.1 Å². The number of carbonyl (C=O) groups excluding carboxylic acids is 1. The number of anilines is 2. The van der Waals surface area contributed by atoms with Crippen LogP contribution < -0.4 is 15.8 Å². The monoisotopic (exact) mass is 313 g/mol. The maximum absolute atomic E-state index is 12.3. The molecule has 0 aliphatic carbocycles. The summed E-state index contributed by atoms with van der Waals surface area (Å²) in [5, 5.41) is 2.82. The molecule has 0 saturated heterocycles. The summed E-state index contributed by atoms with van der Waals surface area (Å²) in [6, 6.07) is 10.6. The molecule has 0 radical (unpaired) electrons. The van der Waals surface area contributed by atoms with Gasteiger partial charge in [-0.05, 0) is 51.1 Å². The fraction of sp³-hybridized carbons (Fsp3) is 0.333. The van der Waals surface area contributed by atoms with Crippen molar-refractivity contribution in [1.82, 2.24) is 4.57 Å². The quantitative estimate of drug-likeness (QED) is 0.892. The SMILES string of the molecule is CCN(CC)c1ccc(C(=O)Nc2ccc(=O)n(CC)c2)cc1. The van der Waals surface area contributed by atoms with Crippen LogP contribution >= 0.6 is 0 Å². The van der Waals surface area contributed by atoms with Crippen LogP contribution in [0.15, 0.2) is 47.4 Å². The number of amides is 1. The summed E-state index contributed by atoms with van der Waals surface area (Å²) >= 11 is 0. The Hall–Kier alpha value is -2.56. The van der Waals surface area contributed by atoms with E-state index in [0.717, 1.165) is 18.8 Å². The third-order valence-electron chi connectivity index (χ3n) is 3.84. The lowest BCUT2D eigenvalue weighted by atomic mass is 10.1.